The Kier molecular flexibility index (Phi) is 5.27. The molecule has 1 aliphatic heterocycles. The first-order valence-corrected chi connectivity index (χ1v) is 8.13. The molecule has 126 valence electrons. The van der Waals surface area contributed by atoms with Crippen LogP contribution < -0.4 is 0 Å². The standard InChI is InChI=1S/C19H26O4/c1-5-12(2)8-13(3)6-7-15-9-14-10-17(20)19(4,22)18(21)16(14)11-23-15/h6-10,12,16,18,21-22H,5,11H2,1-4H3/b7-6+,13-8+/t12-,16+,18-,19+/m0/s1. The zero-order valence-electron chi connectivity index (χ0n) is 14.2. The number of aliphatic hydroxyl groups excluding tert-OH is 1. The van der Waals surface area contributed by atoms with E-state index in [0.717, 1.165) is 12.0 Å². The molecule has 0 aromatic carbocycles. The number of carbonyl (C=O) groups is 1. The van der Waals surface area contributed by atoms with Crippen molar-refractivity contribution in [3.05, 3.63) is 47.3 Å². The molecular weight excluding hydrogens is 292 g/mol. The summed E-state index contributed by atoms with van der Waals surface area (Å²) in [5.74, 6) is 0.342. The van der Waals surface area contributed by atoms with Gasteiger partial charge in [0.15, 0.2) is 11.4 Å². The SMILES string of the molecule is CC[C@H](C)/C=C(C)/C=C/C1=CC2=CC(=O)[C@@](C)(O)[C@@H](O)[C@@H]2CO1. The van der Waals surface area contributed by atoms with E-state index in [0.29, 0.717) is 17.3 Å². The Morgan fingerprint density at radius 2 is 2.22 bits per heavy atom. The number of carbonyl (C=O) groups excluding carboxylic acids is 1. The van der Waals surface area contributed by atoms with Crippen LogP contribution in [0.1, 0.15) is 34.1 Å². The van der Waals surface area contributed by atoms with Crippen LogP contribution >= 0.6 is 0 Å². The van der Waals surface area contributed by atoms with E-state index in [9.17, 15) is 15.0 Å². The van der Waals surface area contributed by atoms with Crippen LogP contribution in [-0.4, -0.2) is 34.3 Å². The number of ketones is 1. The summed E-state index contributed by atoms with van der Waals surface area (Å²) < 4.78 is 5.65. The number of aliphatic hydroxyl groups is 2. The molecule has 2 aliphatic rings. The molecule has 0 saturated carbocycles. The minimum Gasteiger partial charge on any atom is -0.493 e. The maximum atomic E-state index is 11.9. The molecule has 0 fully saturated rings. The number of allylic oxidation sites excluding steroid dienone is 5. The Bertz CT molecular complexity index is 592. The van der Waals surface area contributed by atoms with E-state index < -0.39 is 17.5 Å². The zero-order chi connectivity index (χ0) is 17.2. The summed E-state index contributed by atoms with van der Waals surface area (Å²) >= 11 is 0. The van der Waals surface area contributed by atoms with Crippen molar-refractivity contribution in [2.24, 2.45) is 11.8 Å². The molecule has 0 radical (unpaired) electrons. The van der Waals surface area contributed by atoms with Crippen LogP contribution in [0.2, 0.25) is 0 Å². The molecule has 0 unspecified atom stereocenters. The van der Waals surface area contributed by atoms with Crippen LogP contribution in [0, 0.1) is 11.8 Å². The Morgan fingerprint density at radius 1 is 1.52 bits per heavy atom. The number of hydrogen-bond donors (Lipinski definition) is 2. The van der Waals surface area contributed by atoms with Gasteiger partial charge in [0.1, 0.15) is 5.76 Å². The van der Waals surface area contributed by atoms with Crippen LogP contribution in [0.5, 0.6) is 0 Å². The van der Waals surface area contributed by atoms with Crippen molar-refractivity contribution in [1.82, 2.24) is 0 Å². The lowest BCUT2D eigenvalue weighted by Gasteiger charge is -2.39. The predicted molar refractivity (Wildman–Crippen MR) is 89.6 cm³/mol. The van der Waals surface area contributed by atoms with Gasteiger partial charge in [-0.25, -0.2) is 0 Å². The maximum Gasteiger partial charge on any atom is 0.189 e. The van der Waals surface area contributed by atoms with E-state index in [4.69, 9.17) is 4.74 Å². The largest absolute Gasteiger partial charge is 0.493 e. The van der Waals surface area contributed by atoms with E-state index in [1.165, 1.54) is 13.0 Å². The van der Waals surface area contributed by atoms with Crippen molar-refractivity contribution < 1.29 is 19.7 Å². The molecule has 4 atom stereocenters. The van der Waals surface area contributed by atoms with Gasteiger partial charge < -0.3 is 14.9 Å². The van der Waals surface area contributed by atoms with Crippen molar-refractivity contribution in [3.8, 4) is 0 Å². The van der Waals surface area contributed by atoms with Gasteiger partial charge in [0.2, 0.25) is 0 Å². The Morgan fingerprint density at radius 3 is 2.87 bits per heavy atom. The molecule has 23 heavy (non-hydrogen) atoms. The number of rotatable bonds is 4. The Labute approximate surface area is 137 Å². The molecule has 0 amide bonds. The summed E-state index contributed by atoms with van der Waals surface area (Å²) in [6.07, 6.45) is 9.17. The highest BCUT2D eigenvalue weighted by Gasteiger charge is 2.47. The molecule has 1 aliphatic carbocycles. The smallest absolute Gasteiger partial charge is 0.189 e. The lowest BCUT2D eigenvalue weighted by Crippen LogP contribution is -2.54. The third kappa shape index (κ3) is 3.82. The van der Waals surface area contributed by atoms with E-state index in [1.54, 1.807) is 6.08 Å². The van der Waals surface area contributed by atoms with Crippen molar-refractivity contribution in [3.63, 3.8) is 0 Å². The third-order valence-corrected chi connectivity index (χ3v) is 4.62. The molecular formula is C19H26O4. The number of hydrogen-bond acceptors (Lipinski definition) is 4. The molecule has 0 spiro atoms. The summed E-state index contributed by atoms with van der Waals surface area (Å²) in [7, 11) is 0. The minimum atomic E-state index is -1.74. The predicted octanol–water partition coefficient (Wildman–Crippen LogP) is 2.69. The fourth-order valence-electron chi connectivity index (χ4n) is 2.78. The van der Waals surface area contributed by atoms with Crippen LogP contribution in [0.4, 0.5) is 0 Å². The maximum absolute atomic E-state index is 11.9. The van der Waals surface area contributed by atoms with Crippen LogP contribution in [0.3, 0.4) is 0 Å². The van der Waals surface area contributed by atoms with Gasteiger partial charge in [-0.2, -0.15) is 0 Å². The monoisotopic (exact) mass is 318 g/mol. The highest BCUT2D eigenvalue weighted by Crippen LogP contribution is 2.35. The summed E-state index contributed by atoms with van der Waals surface area (Å²) in [6.45, 7) is 7.96. The Hall–Kier alpha value is -1.65. The van der Waals surface area contributed by atoms with Gasteiger partial charge in [-0.05, 0) is 43.6 Å². The normalized spacial score (nSPS) is 33.0. The summed E-state index contributed by atoms with van der Waals surface area (Å²) in [5.41, 5.74) is 0.125. The summed E-state index contributed by atoms with van der Waals surface area (Å²) in [6, 6.07) is 0. The lowest BCUT2D eigenvalue weighted by molar-refractivity contribution is -0.150. The molecule has 2 rings (SSSR count). The molecule has 0 aromatic rings. The minimum absolute atomic E-state index is 0.251. The second-order valence-corrected chi connectivity index (χ2v) is 6.69. The second-order valence-electron chi connectivity index (χ2n) is 6.69. The molecule has 0 bridgehead atoms. The van der Waals surface area contributed by atoms with Crippen molar-refractivity contribution in [2.45, 2.75) is 45.8 Å². The van der Waals surface area contributed by atoms with Gasteiger partial charge in [0, 0.05) is 5.92 Å². The van der Waals surface area contributed by atoms with Gasteiger partial charge in [0.25, 0.3) is 0 Å². The number of ether oxygens (including phenoxy) is 1. The number of fused-ring (bicyclic) bond motifs is 1. The third-order valence-electron chi connectivity index (χ3n) is 4.62. The van der Waals surface area contributed by atoms with Gasteiger partial charge in [-0.15, -0.1) is 0 Å². The first kappa shape index (κ1) is 17.7. The van der Waals surface area contributed by atoms with Crippen LogP contribution in [0.15, 0.2) is 47.3 Å². The van der Waals surface area contributed by atoms with Crippen LogP contribution in [-0.2, 0) is 9.53 Å². The topological polar surface area (TPSA) is 66.8 Å². The van der Waals surface area contributed by atoms with Gasteiger partial charge in [-0.1, -0.05) is 38.0 Å². The molecule has 1 heterocycles. The van der Waals surface area contributed by atoms with Crippen molar-refractivity contribution in [1.29, 1.82) is 0 Å². The fraction of sp³-hybridized carbons (Fsp3) is 0.526. The Balaban J connectivity index is 2.18. The first-order valence-electron chi connectivity index (χ1n) is 8.13. The molecule has 0 saturated heterocycles. The van der Waals surface area contributed by atoms with Gasteiger partial charge in [0.05, 0.1) is 12.7 Å². The quantitative estimate of drug-likeness (QED) is 0.782. The van der Waals surface area contributed by atoms with E-state index >= 15 is 0 Å². The summed E-state index contributed by atoms with van der Waals surface area (Å²) in [4.78, 5) is 11.9. The molecule has 2 N–H and O–H groups in total. The molecule has 4 nitrogen and oxygen atoms in total. The van der Waals surface area contributed by atoms with Crippen molar-refractivity contribution in [2.75, 3.05) is 6.61 Å². The zero-order valence-corrected chi connectivity index (χ0v) is 14.2. The van der Waals surface area contributed by atoms with Gasteiger partial charge >= 0.3 is 0 Å². The van der Waals surface area contributed by atoms with E-state index in [-0.39, 0.29) is 12.5 Å². The molecule has 0 aromatic heterocycles. The average Bonchev–Trinajstić information content (AvgIpc) is 2.51. The summed E-state index contributed by atoms with van der Waals surface area (Å²) in [5, 5.41) is 20.2. The van der Waals surface area contributed by atoms with Gasteiger partial charge in [-0.3, -0.25) is 4.79 Å². The molecule has 4 heteroatoms. The van der Waals surface area contributed by atoms with E-state index in [2.05, 4.69) is 19.9 Å². The highest BCUT2D eigenvalue weighted by molar-refractivity contribution is 5.99. The highest BCUT2D eigenvalue weighted by atomic mass is 16.5. The average molecular weight is 318 g/mol. The van der Waals surface area contributed by atoms with Crippen molar-refractivity contribution >= 4 is 5.78 Å². The van der Waals surface area contributed by atoms with E-state index in [1.807, 2.05) is 19.1 Å². The fourth-order valence-corrected chi connectivity index (χ4v) is 2.78. The lowest BCUT2D eigenvalue weighted by atomic mass is 9.75. The first-order chi connectivity index (χ1) is 10.8. The van der Waals surface area contributed by atoms with Crippen LogP contribution in [0.25, 0.3) is 0 Å². The second kappa shape index (κ2) is 6.85.